The normalized spacial score (nSPS) is 36.1. The molecule has 0 radical (unpaired) electrons. The van der Waals surface area contributed by atoms with Crippen LogP contribution in [0.5, 0.6) is 0 Å². The van der Waals surface area contributed by atoms with E-state index in [0.29, 0.717) is 6.42 Å². The summed E-state index contributed by atoms with van der Waals surface area (Å²) in [7, 11) is 1.30. The fourth-order valence-electron chi connectivity index (χ4n) is 1.52. The molecule has 0 saturated heterocycles. The Labute approximate surface area is 80.2 Å². The second-order valence-corrected chi connectivity index (χ2v) is 4.23. The summed E-state index contributed by atoms with van der Waals surface area (Å²) < 4.78 is 4.54. The number of carbonyl (C=O) groups excluding carboxylic acids is 1. The van der Waals surface area contributed by atoms with Gasteiger partial charge in [0.2, 0.25) is 0 Å². The van der Waals surface area contributed by atoms with Crippen molar-refractivity contribution in [3.63, 3.8) is 0 Å². The number of hydrogen-bond acceptors (Lipinski definition) is 3. The maximum Gasteiger partial charge on any atom is 0.339 e. The fraction of sp³-hybridized carbons (Fsp3) is 0.875. The predicted molar refractivity (Wildman–Crippen MR) is 48.1 cm³/mol. The Kier molecular flexibility index (Phi) is 3.12. The molecule has 1 rings (SSSR count). The molecule has 0 amide bonds. The van der Waals surface area contributed by atoms with E-state index in [0.717, 1.165) is 19.3 Å². The number of aliphatic hydroxyl groups is 1. The Bertz CT molecular complexity index is 183. The molecule has 2 atom stereocenters. The maximum absolute atomic E-state index is 11.2. The summed E-state index contributed by atoms with van der Waals surface area (Å²) in [5.74, 6) is -0.524. The molecular weight excluding hydrogens is 224 g/mol. The minimum atomic E-state index is -1.30. The van der Waals surface area contributed by atoms with Gasteiger partial charge in [-0.2, -0.15) is 0 Å². The van der Waals surface area contributed by atoms with Gasteiger partial charge in [-0.3, -0.25) is 0 Å². The predicted octanol–water partition coefficient (Wildman–Crippen LogP) is 1.23. The standard InChI is InChI=1S/C8H13BrO3/c1-12-7(10)8(11)5-3-2-4-6(8)9/h6,11H,2-5H2,1H3/t6-,8?/m0/s1. The van der Waals surface area contributed by atoms with Crippen LogP contribution in [-0.2, 0) is 9.53 Å². The lowest BCUT2D eigenvalue weighted by Gasteiger charge is -2.33. The summed E-state index contributed by atoms with van der Waals surface area (Å²) in [4.78, 5) is 11.0. The van der Waals surface area contributed by atoms with Gasteiger partial charge < -0.3 is 9.84 Å². The zero-order chi connectivity index (χ0) is 9.19. The van der Waals surface area contributed by atoms with Gasteiger partial charge in [0.1, 0.15) is 0 Å². The van der Waals surface area contributed by atoms with Gasteiger partial charge in [0, 0.05) is 0 Å². The first-order chi connectivity index (χ1) is 5.61. The van der Waals surface area contributed by atoms with E-state index in [2.05, 4.69) is 20.7 Å². The van der Waals surface area contributed by atoms with Gasteiger partial charge >= 0.3 is 5.97 Å². The van der Waals surface area contributed by atoms with Crippen LogP contribution in [0.15, 0.2) is 0 Å². The first-order valence-electron chi connectivity index (χ1n) is 4.06. The Morgan fingerprint density at radius 3 is 2.83 bits per heavy atom. The molecule has 3 nitrogen and oxygen atoms in total. The second kappa shape index (κ2) is 3.75. The lowest BCUT2D eigenvalue weighted by atomic mass is 9.85. The number of hydrogen-bond donors (Lipinski definition) is 1. The van der Waals surface area contributed by atoms with Gasteiger partial charge in [0.25, 0.3) is 0 Å². The van der Waals surface area contributed by atoms with Crippen LogP contribution in [0.4, 0.5) is 0 Å². The molecule has 0 aromatic heterocycles. The van der Waals surface area contributed by atoms with Crippen molar-refractivity contribution in [3.8, 4) is 0 Å². The van der Waals surface area contributed by atoms with Crippen molar-refractivity contribution in [2.75, 3.05) is 7.11 Å². The molecule has 0 spiro atoms. The second-order valence-electron chi connectivity index (χ2n) is 3.13. The molecule has 12 heavy (non-hydrogen) atoms. The lowest BCUT2D eigenvalue weighted by Crippen LogP contribution is -2.49. The van der Waals surface area contributed by atoms with Crippen molar-refractivity contribution in [2.45, 2.75) is 36.1 Å². The van der Waals surface area contributed by atoms with Crippen LogP contribution in [0.25, 0.3) is 0 Å². The quantitative estimate of drug-likeness (QED) is 0.551. The number of esters is 1. The van der Waals surface area contributed by atoms with Gasteiger partial charge in [-0.15, -0.1) is 0 Å². The molecule has 70 valence electrons. The van der Waals surface area contributed by atoms with Gasteiger partial charge in [-0.05, 0) is 19.3 Å². The van der Waals surface area contributed by atoms with E-state index in [1.54, 1.807) is 0 Å². The van der Waals surface area contributed by atoms with Crippen molar-refractivity contribution in [1.82, 2.24) is 0 Å². The number of ether oxygens (including phenoxy) is 1. The smallest absolute Gasteiger partial charge is 0.339 e. The molecule has 0 heterocycles. The van der Waals surface area contributed by atoms with Crippen molar-refractivity contribution in [2.24, 2.45) is 0 Å². The van der Waals surface area contributed by atoms with Crippen LogP contribution in [0.3, 0.4) is 0 Å². The molecule has 1 fully saturated rings. The minimum Gasteiger partial charge on any atom is -0.467 e. The van der Waals surface area contributed by atoms with Crippen molar-refractivity contribution in [1.29, 1.82) is 0 Å². The van der Waals surface area contributed by atoms with Crippen LogP contribution >= 0.6 is 15.9 Å². The highest BCUT2D eigenvalue weighted by Gasteiger charge is 2.45. The van der Waals surface area contributed by atoms with Crippen molar-refractivity contribution >= 4 is 21.9 Å². The van der Waals surface area contributed by atoms with Gasteiger partial charge in [-0.1, -0.05) is 22.4 Å². The highest BCUT2D eigenvalue weighted by molar-refractivity contribution is 9.09. The molecule has 4 heteroatoms. The highest BCUT2D eigenvalue weighted by Crippen LogP contribution is 2.34. The molecule has 1 aliphatic carbocycles. The lowest BCUT2D eigenvalue weighted by molar-refractivity contribution is -0.164. The number of halogens is 1. The molecule has 1 saturated carbocycles. The Hall–Kier alpha value is -0.0900. The largest absolute Gasteiger partial charge is 0.467 e. The average Bonchev–Trinajstić information content (AvgIpc) is 2.09. The molecule has 1 aliphatic rings. The summed E-state index contributed by atoms with van der Waals surface area (Å²) in [5, 5.41) is 9.89. The number of methoxy groups -OCH3 is 1. The van der Waals surface area contributed by atoms with E-state index in [1.165, 1.54) is 7.11 Å². The van der Waals surface area contributed by atoms with Crippen LogP contribution in [0.1, 0.15) is 25.7 Å². The van der Waals surface area contributed by atoms with Crippen LogP contribution in [0, 0.1) is 0 Å². The van der Waals surface area contributed by atoms with E-state index >= 15 is 0 Å². The Morgan fingerprint density at radius 2 is 2.33 bits per heavy atom. The Balaban J connectivity index is 2.72. The Morgan fingerprint density at radius 1 is 1.67 bits per heavy atom. The zero-order valence-electron chi connectivity index (χ0n) is 7.05. The van der Waals surface area contributed by atoms with E-state index in [9.17, 15) is 9.90 Å². The van der Waals surface area contributed by atoms with E-state index in [1.807, 2.05) is 0 Å². The maximum atomic E-state index is 11.2. The number of carbonyl (C=O) groups is 1. The van der Waals surface area contributed by atoms with Crippen LogP contribution < -0.4 is 0 Å². The molecule has 0 aromatic rings. The van der Waals surface area contributed by atoms with Crippen LogP contribution in [0.2, 0.25) is 0 Å². The first-order valence-corrected chi connectivity index (χ1v) is 4.97. The summed E-state index contributed by atoms with van der Waals surface area (Å²) in [6.07, 6.45) is 3.25. The SMILES string of the molecule is COC(=O)C1(O)CCCC[C@@H]1Br. The number of rotatable bonds is 1. The van der Waals surface area contributed by atoms with E-state index < -0.39 is 11.6 Å². The third-order valence-corrected chi connectivity index (χ3v) is 3.54. The molecule has 1 unspecified atom stereocenters. The molecule has 0 aliphatic heterocycles. The molecule has 1 N–H and O–H groups in total. The average molecular weight is 237 g/mol. The highest BCUT2D eigenvalue weighted by atomic mass is 79.9. The summed E-state index contributed by atoms with van der Waals surface area (Å²) in [5.41, 5.74) is -1.30. The van der Waals surface area contributed by atoms with Crippen LogP contribution in [-0.4, -0.2) is 28.6 Å². The van der Waals surface area contributed by atoms with Gasteiger partial charge in [0.15, 0.2) is 5.60 Å². The fourth-order valence-corrected chi connectivity index (χ4v) is 2.26. The third-order valence-electron chi connectivity index (χ3n) is 2.32. The van der Waals surface area contributed by atoms with E-state index in [-0.39, 0.29) is 4.83 Å². The molecule has 0 aromatic carbocycles. The van der Waals surface area contributed by atoms with Crippen molar-refractivity contribution < 1.29 is 14.6 Å². The summed E-state index contributed by atoms with van der Waals surface area (Å²) >= 11 is 3.30. The third kappa shape index (κ3) is 1.64. The molecule has 0 bridgehead atoms. The topological polar surface area (TPSA) is 46.5 Å². The van der Waals surface area contributed by atoms with Gasteiger partial charge in [-0.25, -0.2) is 4.79 Å². The van der Waals surface area contributed by atoms with E-state index in [4.69, 9.17) is 0 Å². The summed E-state index contributed by atoms with van der Waals surface area (Å²) in [6.45, 7) is 0. The summed E-state index contributed by atoms with van der Waals surface area (Å²) in [6, 6.07) is 0. The molecular formula is C8H13BrO3. The van der Waals surface area contributed by atoms with Gasteiger partial charge in [0.05, 0.1) is 11.9 Å². The minimum absolute atomic E-state index is 0.161. The monoisotopic (exact) mass is 236 g/mol. The first kappa shape index (κ1) is 9.99. The zero-order valence-corrected chi connectivity index (χ0v) is 8.63. The van der Waals surface area contributed by atoms with Crippen molar-refractivity contribution in [3.05, 3.63) is 0 Å². The number of alkyl halides is 1.